The van der Waals surface area contributed by atoms with Gasteiger partial charge in [0, 0.05) is 11.3 Å². The highest BCUT2D eigenvalue weighted by Crippen LogP contribution is 2.27. The van der Waals surface area contributed by atoms with Crippen molar-refractivity contribution in [3.05, 3.63) is 21.4 Å². The third-order valence-electron chi connectivity index (χ3n) is 4.62. The number of rotatable bonds is 6. The third kappa shape index (κ3) is 5.65. The molecule has 4 nitrogen and oxygen atoms in total. The molecule has 1 aromatic heterocycles. The third-order valence-corrected chi connectivity index (χ3v) is 6.00. The number of hydrogen-bond donors (Lipinski definition) is 2. The summed E-state index contributed by atoms with van der Waals surface area (Å²) in [6.45, 7) is 4.09. The normalized spacial score (nSPS) is 15.4. The van der Waals surface area contributed by atoms with Crippen LogP contribution in [0.1, 0.15) is 78.4 Å². The summed E-state index contributed by atoms with van der Waals surface area (Å²) in [5.41, 5.74) is 6.20. The first-order valence-corrected chi connectivity index (χ1v) is 9.60. The van der Waals surface area contributed by atoms with Gasteiger partial charge in [0.15, 0.2) is 0 Å². The van der Waals surface area contributed by atoms with Crippen LogP contribution in [0.25, 0.3) is 0 Å². The molecule has 0 aliphatic heterocycles. The predicted molar refractivity (Wildman–Crippen MR) is 94.5 cm³/mol. The highest BCUT2D eigenvalue weighted by molar-refractivity contribution is 7.14. The van der Waals surface area contributed by atoms with Crippen molar-refractivity contribution in [2.75, 3.05) is 0 Å². The number of carbonyl (C=O) groups excluding carboxylic acids is 2. The van der Waals surface area contributed by atoms with E-state index in [1.165, 1.54) is 48.3 Å². The first-order valence-electron chi connectivity index (χ1n) is 8.78. The molecule has 0 unspecified atom stereocenters. The quantitative estimate of drug-likeness (QED) is 0.767. The van der Waals surface area contributed by atoms with Gasteiger partial charge in [-0.3, -0.25) is 20.4 Å². The lowest BCUT2D eigenvalue weighted by Crippen LogP contribution is -2.41. The minimum atomic E-state index is -0.224. The van der Waals surface area contributed by atoms with Gasteiger partial charge >= 0.3 is 0 Å². The standard InChI is InChI=1S/C18H28N2O2S/c1-3-15-13(2)12-16(23-15)18(22)20-19-17(21)11-7-10-14-8-5-4-6-9-14/h12,14H,3-11H2,1-2H3,(H,19,21)(H,20,22). The minimum absolute atomic E-state index is 0.0989. The van der Waals surface area contributed by atoms with Gasteiger partial charge in [-0.25, -0.2) is 0 Å². The van der Waals surface area contributed by atoms with Crippen LogP contribution in [0.5, 0.6) is 0 Å². The summed E-state index contributed by atoms with van der Waals surface area (Å²) in [4.78, 5) is 25.7. The van der Waals surface area contributed by atoms with Gasteiger partial charge in [-0.15, -0.1) is 11.3 Å². The molecule has 0 saturated heterocycles. The Bertz CT molecular complexity index is 533. The topological polar surface area (TPSA) is 58.2 Å². The van der Waals surface area contributed by atoms with Crippen LogP contribution in [0.3, 0.4) is 0 Å². The fraction of sp³-hybridized carbons (Fsp3) is 0.667. The summed E-state index contributed by atoms with van der Waals surface area (Å²) >= 11 is 1.49. The van der Waals surface area contributed by atoms with Gasteiger partial charge in [-0.05, 0) is 43.7 Å². The van der Waals surface area contributed by atoms with Gasteiger partial charge < -0.3 is 0 Å². The van der Waals surface area contributed by atoms with Gasteiger partial charge in [0.1, 0.15) is 0 Å². The van der Waals surface area contributed by atoms with Crippen molar-refractivity contribution in [3.8, 4) is 0 Å². The van der Waals surface area contributed by atoms with Crippen LogP contribution in [0.15, 0.2) is 6.07 Å². The van der Waals surface area contributed by atoms with E-state index in [4.69, 9.17) is 0 Å². The Morgan fingerprint density at radius 3 is 2.61 bits per heavy atom. The molecule has 5 heteroatoms. The van der Waals surface area contributed by atoms with Gasteiger partial charge in [-0.2, -0.15) is 0 Å². The molecule has 2 amide bonds. The summed E-state index contributed by atoms with van der Waals surface area (Å²) in [5, 5.41) is 0. The highest BCUT2D eigenvalue weighted by Gasteiger charge is 2.15. The van der Waals surface area contributed by atoms with Crippen LogP contribution >= 0.6 is 11.3 Å². The summed E-state index contributed by atoms with van der Waals surface area (Å²) in [6, 6.07) is 1.88. The Kier molecular flexibility index (Phi) is 7.09. The summed E-state index contributed by atoms with van der Waals surface area (Å²) in [7, 11) is 0. The molecule has 128 valence electrons. The molecule has 0 bridgehead atoms. The number of thiophene rings is 1. The van der Waals surface area contributed by atoms with Crippen LogP contribution in [0.4, 0.5) is 0 Å². The van der Waals surface area contributed by atoms with E-state index in [0.717, 1.165) is 30.7 Å². The van der Waals surface area contributed by atoms with E-state index >= 15 is 0 Å². The molecule has 0 spiro atoms. The molecule has 23 heavy (non-hydrogen) atoms. The molecule has 1 aliphatic carbocycles. The molecule has 2 N–H and O–H groups in total. The Hall–Kier alpha value is -1.36. The molecule has 1 fully saturated rings. The lowest BCUT2D eigenvalue weighted by Gasteiger charge is -2.21. The Balaban J connectivity index is 1.65. The van der Waals surface area contributed by atoms with E-state index in [-0.39, 0.29) is 11.8 Å². The van der Waals surface area contributed by atoms with Crippen LogP contribution in [-0.4, -0.2) is 11.8 Å². The highest BCUT2D eigenvalue weighted by atomic mass is 32.1. The molecule has 1 aliphatic rings. The number of nitrogens with one attached hydrogen (secondary N) is 2. The fourth-order valence-corrected chi connectivity index (χ4v) is 4.27. The zero-order valence-corrected chi connectivity index (χ0v) is 15.1. The molecule has 1 saturated carbocycles. The number of hydrogen-bond acceptors (Lipinski definition) is 3. The molecule has 0 aromatic carbocycles. The summed E-state index contributed by atoms with van der Waals surface area (Å²) in [6.07, 6.45) is 10.1. The van der Waals surface area contributed by atoms with Crippen molar-refractivity contribution in [2.24, 2.45) is 5.92 Å². The summed E-state index contributed by atoms with van der Waals surface area (Å²) < 4.78 is 0. The number of hydrazine groups is 1. The fourth-order valence-electron chi connectivity index (χ4n) is 3.26. The SMILES string of the molecule is CCc1sc(C(=O)NNC(=O)CCCC2CCCCC2)cc1C. The van der Waals surface area contributed by atoms with Crippen LogP contribution in [0, 0.1) is 12.8 Å². The van der Waals surface area contributed by atoms with E-state index in [2.05, 4.69) is 17.8 Å². The zero-order valence-electron chi connectivity index (χ0n) is 14.2. The molecular weight excluding hydrogens is 308 g/mol. The van der Waals surface area contributed by atoms with E-state index in [1.54, 1.807) is 0 Å². The first kappa shape index (κ1) is 18.0. The molecule has 1 aromatic rings. The maximum absolute atomic E-state index is 12.0. The van der Waals surface area contributed by atoms with Gasteiger partial charge in [0.05, 0.1) is 4.88 Å². The zero-order chi connectivity index (χ0) is 16.7. The lowest BCUT2D eigenvalue weighted by molar-refractivity contribution is -0.122. The number of aryl methyl sites for hydroxylation is 2. The Morgan fingerprint density at radius 2 is 1.96 bits per heavy atom. The van der Waals surface area contributed by atoms with E-state index in [0.29, 0.717) is 11.3 Å². The average Bonchev–Trinajstić information content (AvgIpc) is 2.94. The van der Waals surface area contributed by atoms with Crippen molar-refractivity contribution in [1.82, 2.24) is 10.9 Å². The molecular formula is C18H28N2O2S. The van der Waals surface area contributed by atoms with E-state index in [1.807, 2.05) is 13.0 Å². The maximum Gasteiger partial charge on any atom is 0.279 e. The molecule has 0 atom stereocenters. The monoisotopic (exact) mass is 336 g/mol. The molecule has 0 radical (unpaired) electrons. The van der Waals surface area contributed by atoms with Gasteiger partial charge in [-0.1, -0.05) is 39.0 Å². The predicted octanol–water partition coefficient (Wildman–Crippen LogP) is 4.13. The second-order valence-corrected chi connectivity index (χ2v) is 7.61. The minimum Gasteiger partial charge on any atom is -0.273 e. The Morgan fingerprint density at radius 1 is 1.22 bits per heavy atom. The van der Waals surface area contributed by atoms with E-state index < -0.39 is 0 Å². The Labute approximate surface area is 143 Å². The summed E-state index contributed by atoms with van der Waals surface area (Å²) in [5.74, 6) is 0.476. The largest absolute Gasteiger partial charge is 0.279 e. The van der Waals surface area contributed by atoms with Crippen molar-refractivity contribution in [3.63, 3.8) is 0 Å². The van der Waals surface area contributed by atoms with Crippen molar-refractivity contribution in [1.29, 1.82) is 0 Å². The molecule has 2 rings (SSSR count). The van der Waals surface area contributed by atoms with Crippen molar-refractivity contribution >= 4 is 23.2 Å². The number of carbonyl (C=O) groups is 2. The average molecular weight is 337 g/mol. The van der Waals surface area contributed by atoms with Gasteiger partial charge in [0.2, 0.25) is 5.91 Å². The van der Waals surface area contributed by atoms with Crippen molar-refractivity contribution in [2.45, 2.75) is 71.6 Å². The van der Waals surface area contributed by atoms with Crippen LogP contribution < -0.4 is 10.9 Å². The van der Waals surface area contributed by atoms with Crippen LogP contribution in [0.2, 0.25) is 0 Å². The molecule has 1 heterocycles. The lowest BCUT2D eigenvalue weighted by atomic mass is 9.86. The second kappa shape index (κ2) is 9.06. The van der Waals surface area contributed by atoms with Crippen molar-refractivity contribution < 1.29 is 9.59 Å². The second-order valence-electron chi connectivity index (χ2n) is 6.47. The first-order chi connectivity index (χ1) is 11.1. The van der Waals surface area contributed by atoms with Gasteiger partial charge in [0.25, 0.3) is 5.91 Å². The number of amides is 2. The smallest absolute Gasteiger partial charge is 0.273 e. The maximum atomic E-state index is 12.0. The van der Waals surface area contributed by atoms with Crippen LogP contribution in [-0.2, 0) is 11.2 Å². The van der Waals surface area contributed by atoms with E-state index in [9.17, 15) is 9.59 Å².